The highest BCUT2D eigenvalue weighted by Crippen LogP contribution is 2.28. The van der Waals surface area contributed by atoms with Crippen LogP contribution in [-0.4, -0.2) is 46.3 Å². The van der Waals surface area contributed by atoms with Crippen molar-refractivity contribution in [3.63, 3.8) is 0 Å². The number of carbonyl (C=O) groups excluding carboxylic acids is 2. The van der Waals surface area contributed by atoms with Crippen LogP contribution in [0.4, 0.5) is 4.39 Å². The fourth-order valence-electron chi connectivity index (χ4n) is 4.05. The molecule has 5 rings (SSSR count). The van der Waals surface area contributed by atoms with E-state index in [9.17, 15) is 14.0 Å². The number of hydrogen-bond acceptors (Lipinski definition) is 6. The van der Waals surface area contributed by atoms with Gasteiger partial charge in [0, 0.05) is 25.2 Å². The van der Waals surface area contributed by atoms with Gasteiger partial charge in [0.05, 0.1) is 18.2 Å². The van der Waals surface area contributed by atoms with E-state index >= 15 is 0 Å². The predicted octanol–water partition coefficient (Wildman–Crippen LogP) is 3.97. The summed E-state index contributed by atoms with van der Waals surface area (Å²) in [5.74, 6) is -1.02. The van der Waals surface area contributed by atoms with Gasteiger partial charge >= 0.3 is 0 Å². The number of benzene rings is 2. The van der Waals surface area contributed by atoms with Crippen molar-refractivity contribution in [1.29, 1.82) is 0 Å². The van der Waals surface area contributed by atoms with Crippen molar-refractivity contribution in [2.45, 2.75) is 25.4 Å². The molecule has 2 aliphatic rings. The van der Waals surface area contributed by atoms with Crippen LogP contribution in [0.25, 0.3) is 11.5 Å². The number of likely N-dealkylation sites (tertiary alicyclic amines) is 1. The quantitative estimate of drug-likeness (QED) is 0.642. The molecule has 1 aromatic heterocycles. The van der Waals surface area contributed by atoms with Crippen LogP contribution in [0.15, 0.2) is 64.0 Å². The van der Waals surface area contributed by atoms with E-state index in [-0.39, 0.29) is 47.1 Å². The van der Waals surface area contributed by atoms with Crippen molar-refractivity contribution in [2.75, 3.05) is 13.1 Å². The first-order chi connectivity index (χ1) is 15.1. The zero-order chi connectivity index (χ0) is 21.4. The number of fused-ring (bicyclic) bond motifs is 1. The molecule has 2 aromatic carbocycles. The zero-order valence-electron chi connectivity index (χ0n) is 16.8. The molecule has 3 aromatic rings. The molecular weight excluding hydrogens is 397 g/mol. The Labute approximate surface area is 178 Å². The Bertz CT molecular complexity index is 1170. The molecule has 0 N–H and O–H groups in total. The van der Waals surface area contributed by atoms with Crippen LogP contribution in [0.5, 0.6) is 0 Å². The number of nitrogens with zero attached hydrogens (tertiary/aromatic N) is 3. The average molecular weight is 417 g/mol. The molecule has 0 spiro atoms. The number of oxazole rings is 1. The summed E-state index contributed by atoms with van der Waals surface area (Å²) in [6, 6.07) is 15.7. The zero-order valence-corrected chi connectivity index (χ0v) is 16.8. The molecule has 1 aliphatic heterocycles. The van der Waals surface area contributed by atoms with Crippen molar-refractivity contribution in [3.8, 4) is 11.5 Å². The highest BCUT2D eigenvalue weighted by atomic mass is 19.1. The summed E-state index contributed by atoms with van der Waals surface area (Å²) in [4.78, 5) is 36.6. The summed E-state index contributed by atoms with van der Waals surface area (Å²) in [5, 5.41) is 0. The van der Waals surface area contributed by atoms with Gasteiger partial charge in [-0.1, -0.05) is 30.3 Å². The van der Waals surface area contributed by atoms with E-state index in [0.29, 0.717) is 5.56 Å². The second kappa shape index (κ2) is 8.00. The maximum Gasteiger partial charge on any atom is 0.244 e. The number of Topliss-reactive ketones (excluding diaryl/α,β-unsaturated/α-hetero) is 2. The minimum absolute atomic E-state index is 0.0281. The first kappa shape index (κ1) is 19.5. The molecule has 156 valence electrons. The van der Waals surface area contributed by atoms with Gasteiger partial charge in [-0.25, -0.2) is 9.37 Å². The minimum atomic E-state index is -0.392. The number of rotatable bonds is 4. The summed E-state index contributed by atoms with van der Waals surface area (Å²) in [5.41, 5.74) is 1.99. The van der Waals surface area contributed by atoms with E-state index in [0.717, 1.165) is 26.1 Å². The Morgan fingerprint density at radius 3 is 2.65 bits per heavy atom. The van der Waals surface area contributed by atoms with Gasteiger partial charge in [-0.15, -0.1) is 0 Å². The maximum atomic E-state index is 13.2. The third kappa shape index (κ3) is 3.96. The molecule has 1 atom stereocenters. The van der Waals surface area contributed by atoms with E-state index in [1.165, 1.54) is 29.8 Å². The average Bonchev–Trinajstić information content (AvgIpc) is 3.41. The van der Waals surface area contributed by atoms with Gasteiger partial charge < -0.3 is 4.42 Å². The molecule has 2 heterocycles. The Morgan fingerprint density at radius 2 is 1.87 bits per heavy atom. The van der Waals surface area contributed by atoms with Gasteiger partial charge in [0.1, 0.15) is 5.82 Å². The SMILES string of the molecule is O=C1CC(=NC2CCN(Cc3ccccc3)C2)C(=O)c2oc(-c3ccc(F)cc3)nc21. The lowest BCUT2D eigenvalue weighted by molar-refractivity contribution is 0.0949. The van der Waals surface area contributed by atoms with Crippen molar-refractivity contribution < 1.29 is 18.4 Å². The van der Waals surface area contributed by atoms with E-state index in [4.69, 9.17) is 4.42 Å². The molecule has 0 amide bonds. The van der Waals surface area contributed by atoms with Gasteiger partial charge in [-0.05, 0) is 36.2 Å². The maximum absolute atomic E-state index is 13.2. The van der Waals surface area contributed by atoms with E-state index in [1.807, 2.05) is 18.2 Å². The monoisotopic (exact) mass is 417 g/mol. The summed E-state index contributed by atoms with van der Waals surface area (Å²) in [7, 11) is 0. The number of hydrogen-bond donors (Lipinski definition) is 0. The summed E-state index contributed by atoms with van der Waals surface area (Å²) in [6.07, 6.45) is 0.762. The predicted molar refractivity (Wildman–Crippen MR) is 113 cm³/mol. The van der Waals surface area contributed by atoms with Crippen molar-refractivity contribution in [1.82, 2.24) is 9.88 Å². The largest absolute Gasteiger partial charge is 0.432 e. The standard InChI is InChI=1S/C24H20FN3O3/c25-17-8-6-16(7-9-17)24-27-21-20(29)12-19(22(30)23(21)31-24)26-18-10-11-28(14-18)13-15-4-2-1-3-5-15/h1-9,18H,10-14H2. The van der Waals surface area contributed by atoms with Gasteiger partial charge in [0.2, 0.25) is 17.4 Å². The van der Waals surface area contributed by atoms with Gasteiger partial charge in [-0.2, -0.15) is 0 Å². The number of aromatic nitrogens is 1. The molecule has 0 saturated carbocycles. The fourth-order valence-corrected chi connectivity index (χ4v) is 4.05. The molecule has 0 radical (unpaired) electrons. The Kier molecular flexibility index (Phi) is 5.03. The number of aliphatic imine (C=N–C) groups is 1. The molecule has 1 saturated heterocycles. The fraction of sp³-hybridized carbons (Fsp3) is 0.250. The second-order valence-electron chi connectivity index (χ2n) is 7.87. The molecule has 1 unspecified atom stereocenters. The Balaban J connectivity index is 1.33. The lowest BCUT2D eigenvalue weighted by Gasteiger charge is -2.15. The molecular formula is C24H20FN3O3. The molecule has 0 bridgehead atoms. The highest BCUT2D eigenvalue weighted by molar-refractivity contribution is 6.51. The third-order valence-electron chi connectivity index (χ3n) is 5.61. The van der Waals surface area contributed by atoms with Crippen LogP contribution in [0.2, 0.25) is 0 Å². The first-order valence-electron chi connectivity index (χ1n) is 10.2. The van der Waals surface area contributed by atoms with Gasteiger partial charge in [-0.3, -0.25) is 19.5 Å². The molecule has 7 heteroatoms. The van der Waals surface area contributed by atoms with Crippen molar-refractivity contribution in [3.05, 3.63) is 77.4 Å². The lowest BCUT2D eigenvalue weighted by atomic mass is 9.97. The van der Waals surface area contributed by atoms with Crippen LogP contribution < -0.4 is 0 Å². The summed E-state index contributed by atoms with van der Waals surface area (Å²) in [6.45, 7) is 2.47. The highest BCUT2D eigenvalue weighted by Gasteiger charge is 2.36. The normalized spacial score (nSPS) is 20.4. The molecule has 31 heavy (non-hydrogen) atoms. The summed E-state index contributed by atoms with van der Waals surface area (Å²) < 4.78 is 18.8. The topological polar surface area (TPSA) is 75.8 Å². The number of halogens is 1. The molecule has 1 fully saturated rings. The third-order valence-corrected chi connectivity index (χ3v) is 5.61. The van der Waals surface area contributed by atoms with Crippen LogP contribution >= 0.6 is 0 Å². The van der Waals surface area contributed by atoms with Crippen LogP contribution in [0, 0.1) is 5.82 Å². The second-order valence-corrected chi connectivity index (χ2v) is 7.87. The van der Waals surface area contributed by atoms with Crippen LogP contribution in [0.1, 0.15) is 39.4 Å². The van der Waals surface area contributed by atoms with E-state index in [2.05, 4.69) is 27.0 Å². The van der Waals surface area contributed by atoms with Crippen LogP contribution in [-0.2, 0) is 6.54 Å². The Morgan fingerprint density at radius 1 is 1.10 bits per heavy atom. The van der Waals surface area contributed by atoms with Crippen LogP contribution in [0.3, 0.4) is 0 Å². The van der Waals surface area contributed by atoms with Crippen molar-refractivity contribution in [2.24, 2.45) is 4.99 Å². The lowest BCUT2D eigenvalue weighted by Crippen LogP contribution is -2.29. The first-order valence-corrected chi connectivity index (χ1v) is 10.2. The Hall–Kier alpha value is -3.45. The van der Waals surface area contributed by atoms with E-state index < -0.39 is 5.78 Å². The van der Waals surface area contributed by atoms with E-state index in [1.54, 1.807) is 0 Å². The number of ketones is 2. The van der Waals surface area contributed by atoms with Gasteiger partial charge in [0.15, 0.2) is 11.5 Å². The summed E-state index contributed by atoms with van der Waals surface area (Å²) >= 11 is 0. The smallest absolute Gasteiger partial charge is 0.244 e. The molecule has 6 nitrogen and oxygen atoms in total. The van der Waals surface area contributed by atoms with Crippen molar-refractivity contribution >= 4 is 17.3 Å². The van der Waals surface area contributed by atoms with Gasteiger partial charge in [0.25, 0.3) is 0 Å². The number of carbonyl (C=O) groups is 2. The molecule has 1 aliphatic carbocycles. The minimum Gasteiger partial charge on any atom is -0.432 e.